The summed E-state index contributed by atoms with van der Waals surface area (Å²) in [6.07, 6.45) is 3.48. The highest BCUT2D eigenvalue weighted by Gasteiger charge is 2.17. The van der Waals surface area contributed by atoms with Crippen molar-refractivity contribution >= 4 is 5.91 Å². The molecule has 0 radical (unpaired) electrons. The van der Waals surface area contributed by atoms with Gasteiger partial charge in [0, 0.05) is 38.6 Å². The first kappa shape index (κ1) is 23.6. The third-order valence-electron chi connectivity index (χ3n) is 5.28. The van der Waals surface area contributed by atoms with Crippen molar-refractivity contribution in [3.8, 4) is 0 Å². The average molecular weight is 376 g/mol. The van der Waals surface area contributed by atoms with Gasteiger partial charge in [-0.15, -0.1) is 0 Å². The van der Waals surface area contributed by atoms with Crippen molar-refractivity contribution in [3.63, 3.8) is 0 Å². The van der Waals surface area contributed by atoms with Gasteiger partial charge in [0.25, 0.3) is 0 Å². The van der Waals surface area contributed by atoms with Crippen LogP contribution in [0.3, 0.4) is 0 Å². The van der Waals surface area contributed by atoms with Crippen LogP contribution in [-0.2, 0) is 17.6 Å². The van der Waals surface area contributed by atoms with Crippen LogP contribution in [0.15, 0.2) is 24.3 Å². The summed E-state index contributed by atoms with van der Waals surface area (Å²) < 4.78 is 0. The van der Waals surface area contributed by atoms with E-state index < -0.39 is 0 Å². The predicted molar refractivity (Wildman–Crippen MR) is 116 cm³/mol. The van der Waals surface area contributed by atoms with Crippen LogP contribution in [0.2, 0.25) is 0 Å². The number of piperazine rings is 1. The van der Waals surface area contributed by atoms with Crippen molar-refractivity contribution in [3.05, 3.63) is 35.4 Å². The van der Waals surface area contributed by atoms with Gasteiger partial charge in [-0.05, 0) is 42.2 Å². The summed E-state index contributed by atoms with van der Waals surface area (Å²) in [4.78, 5) is 13.4. The van der Waals surface area contributed by atoms with E-state index in [1.54, 1.807) is 11.1 Å². The van der Waals surface area contributed by atoms with Crippen LogP contribution in [0, 0.1) is 17.8 Å². The van der Waals surface area contributed by atoms with Crippen LogP contribution in [0.4, 0.5) is 0 Å². The number of primary amides is 1. The van der Waals surface area contributed by atoms with Crippen molar-refractivity contribution in [1.82, 2.24) is 10.2 Å². The van der Waals surface area contributed by atoms with Crippen molar-refractivity contribution in [2.45, 2.75) is 53.9 Å². The molecule has 1 heterocycles. The number of nitrogens with two attached hydrogens (primary N) is 1. The molecule has 1 aromatic rings. The molecule has 1 aliphatic carbocycles. The van der Waals surface area contributed by atoms with Gasteiger partial charge in [-0.25, -0.2) is 0 Å². The summed E-state index contributed by atoms with van der Waals surface area (Å²) in [6, 6.07) is 8.77. The lowest BCUT2D eigenvalue weighted by Crippen LogP contribution is -2.45. The molecule has 4 heteroatoms. The predicted octanol–water partition coefficient (Wildman–Crippen LogP) is 3.49. The molecule has 0 spiro atoms. The van der Waals surface area contributed by atoms with Gasteiger partial charge in [0.15, 0.2) is 0 Å². The molecule has 3 N–H and O–H groups in total. The zero-order chi connectivity index (χ0) is 20.2. The molecule has 0 saturated carbocycles. The molecule has 1 fully saturated rings. The molecule has 3 rings (SSSR count). The fourth-order valence-corrected chi connectivity index (χ4v) is 3.91. The molecule has 4 nitrogen and oxygen atoms in total. The van der Waals surface area contributed by atoms with Gasteiger partial charge >= 0.3 is 0 Å². The molecule has 2 unspecified atom stereocenters. The van der Waals surface area contributed by atoms with Gasteiger partial charge < -0.3 is 16.0 Å². The number of hydrogen-bond acceptors (Lipinski definition) is 3. The zero-order valence-electron chi connectivity index (χ0n) is 18.1. The summed E-state index contributed by atoms with van der Waals surface area (Å²) in [5, 5.41) is 3.33. The molecule has 27 heavy (non-hydrogen) atoms. The molecule has 1 aliphatic heterocycles. The largest absolute Gasteiger partial charge is 0.369 e. The topological polar surface area (TPSA) is 58.4 Å². The highest BCUT2D eigenvalue weighted by molar-refractivity contribution is 5.76. The van der Waals surface area contributed by atoms with Gasteiger partial charge in [-0.1, -0.05) is 58.9 Å². The first-order valence-corrected chi connectivity index (χ1v) is 10.7. The lowest BCUT2D eigenvalue weighted by atomic mass is 9.96. The second-order valence-corrected chi connectivity index (χ2v) is 7.98. The monoisotopic (exact) mass is 375 g/mol. The number of amides is 1. The Balaban J connectivity index is 0.000000262. The molecule has 1 saturated heterocycles. The highest BCUT2D eigenvalue weighted by atomic mass is 16.1. The van der Waals surface area contributed by atoms with E-state index in [0.717, 1.165) is 45.1 Å². The van der Waals surface area contributed by atoms with Gasteiger partial charge in [-0.2, -0.15) is 0 Å². The molecule has 2 aliphatic rings. The Labute approximate surface area is 166 Å². The van der Waals surface area contributed by atoms with E-state index in [0.29, 0.717) is 5.92 Å². The molecule has 1 aromatic carbocycles. The van der Waals surface area contributed by atoms with Gasteiger partial charge in [0.2, 0.25) is 5.91 Å². The van der Waals surface area contributed by atoms with Crippen molar-refractivity contribution < 1.29 is 4.79 Å². The van der Waals surface area contributed by atoms with Crippen LogP contribution < -0.4 is 11.1 Å². The number of fused-ring (bicyclic) bond motifs is 1. The Morgan fingerprint density at radius 2 is 1.67 bits per heavy atom. The Morgan fingerprint density at radius 1 is 1.15 bits per heavy atom. The van der Waals surface area contributed by atoms with Crippen LogP contribution >= 0.6 is 0 Å². The Morgan fingerprint density at radius 3 is 2.15 bits per heavy atom. The summed E-state index contributed by atoms with van der Waals surface area (Å²) in [5.41, 5.74) is 8.38. The van der Waals surface area contributed by atoms with E-state index in [9.17, 15) is 4.79 Å². The number of benzene rings is 1. The summed E-state index contributed by atoms with van der Waals surface area (Å²) in [5.74, 6) is 1.24. The van der Waals surface area contributed by atoms with E-state index >= 15 is 0 Å². The summed E-state index contributed by atoms with van der Waals surface area (Å²) in [7, 11) is 0. The minimum absolute atomic E-state index is 0.00270. The van der Waals surface area contributed by atoms with Crippen molar-refractivity contribution in [1.29, 1.82) is 0 Å². The minimum atomic E-state index is -0.179. The maximum atomic E-state index is 10.9. The summed E-state index contributed by atoms with van der Waals surface area (Å²) in [6.45, 7) is 15.9. The lowest BCUT2D eigenvalue weighted by molar-refractivity contribution is -0.121. The molecule has 0 aromatic heterocycles. The van der Waals surface area contributed by atoms with E-state index in [2.05, 4.69) is 48.3 Å². The quantitative estimate of drug-likeness (QED) is 0.828. The smallest absolute Gasteiger partial charge is 0.220 e. The number of rotatable bonds is 5. The molecule has 2 atom stereocenters. The van der Waals surface area contributed by atoms with Crippen molar-refractivity contribution in [2.24, 2.45) is 23.5 Å². The maximum absolute atomic E-state index is 10.9. The average Bonchev–Trinajstić information content (AvgIpc) is 3.04. The number of nitrogens with zero attached hydrogens (tertiary/aromatic N) is 1. The fraction of sp³-hybridized carbons (Fsp3) is 0.696. The fourth-order valence-electron chi connectivity index (χ4n) is 3.91. The maximum Gasteiger partial charge on any atom is 0.220 e. The number of hydrogen-bond donors (Lipinski definition) is 2. The van der Waals surface area contributed by atoms with Crippen LogP contribution in [0.1, 0.15) is 52.2 Å². The third-order valence-corrected chi connectivity index (χ3v) is 5.28. The molecule has 1 amide bonds. The van der Waals surface area contributed by atoms with E-state index in [-0.39, 0.29) is 11.8 Å². The minimum Gasteiger partial charge on any atom is -0.369 e. The van der Waals surface area contributed by atoms with E-state index in [1.165, 1.54) is 12.8 Å². The van der Waals surface area contributed by atoms with Gasteiger partial charge in [-0.3, -0.25) is 4.79 Å². The SMILES string of the molecule is CC.CC(CC(C)C(N)=O)CN1CCNCC1.CC1Cc2ccccc2C1. The third kappa shape index (κ3) is 8.89. The Bertz CT molecular complexity index is 515. The second-order valence-electron chi connectivity index (χ2n) is 7.98. The van der Waals surface area contributed by atoms with E-state index in [1.807, 2.05) is 20.8 Å². The number of carbonyl (C=O) groups excluding carboxylic acids is 1. The molecular formula is C23H41N3O. The normalized spacial score (nSPS) is 19.0. The number of nitrogens with one attached hydrogen (secondary N) is 1. The first-order chi connectivity index (χ1) is 13.0. The van der Waals surface area contributed by atoms with Crippen LogP contribution in [0.5, 0.6) is 0 Å². The summed E-state index contributed by atoms with van der Waals surface area (Å²) >= 11 is 0. The zero-order valence-corrected chi connectivity index (χ0v) is 18.1. The Hall–Kier alpha value is -1.39. The second kappa shape index (κ2) is 12.9. The van der Waals surface area contributed by atoms with E-state index in [4.69, 9.17) is 5.73 Å². The standard InChI is InChI=1S/C11H23N3O.C10H12.C2H6/c1-9(7-10(2)11(12)15)8-14-5-3-13-4-6-14;1-8-6-9-4-2-3-5-10(9)7-8;1-2/h9-10,13H,3-8H2,1-2H3,(H2,12,15);2-5,8H,6-7H2,1H3;1-2H3. The first-order valence-electron chi connectivity index (χ1n) is 10.7. The van der Waals surface area contributed by atoms with Gasteiger partial charge in [0.05, 0.1) is 0 Å². The highest BCUT2D eigenvalue weighted by Crippen LogP contribution is 2.25. The Kier molecular flexibility index (Phi) is 11.3. The molecular weight excluding hydrogens is 334 g/mol. The number of carbonyl (C=O) groups is 1. The van der Waals surface area contributed by atoms with Crippen molar-refractivity contribution in [2.75, 3.05) is 32.7 Å². The van der Waals surface area contributed by atoms with Gasteiger partial charge in [0.1, 0.15) is 0 Å². The molecule has 154 valence electrons. The van der Waals surface area contributed by atoms with Crippen LogP contribution in [0.25, 0.3) is 0 Å². The van der Waals surface area contributed by atoms with Crippen LogP contribution in [-0.4, -0.2) is 43.5 Å². The molecule has 0 bridgehead atoms. The lowest BCUT2D eigenvalue weighted by Gasteiger charge is -2.30.